The average Bonchev–Trinajstić information content (AvgIpc) is 2.70. The van der Waals surface area contributed by atoms with Crippen molar-refractivity contribution in [2.45, 2.75) is 39.3 Å². The number of benzene rings is 2. The summed E-state index contributed by atoms with van der Waals surface area (Å²) in [4.78, 5) is 29.3. The smallest absolute Gasteiger partial charge is 0.410 e. The number of rotatable bonds is 4. The summed E-state index contributed by atoms with van der Waals surface area (Å²) in [6.45, 7) is 9.39. The minimum absolute atomic E-state index is 0.193. The molecule has 0 aliphatic carbocycles. The highest BCUT2D eigenvalue weighted by Gasteiger charge is 2.33. The van der Waals surface area contributed by atoms with Crippen molar-refractivity contribution in [3.63, 3.8) is 0 Å². The molecule has 3 rings (SSSR count). The number of carbonyl (C=O) groups is 2. The van der Waals surface area contributed by atoms with Crippen molar-refractivity contribution in [1.29, 1.82) is 0 Å². The Kier molecular flexibility index (Phi) is 6.95. The lowest BCUT2D eigenvalue weighted by Gasteiger charge is -2.39. The van der Waals surface area contributed by atoms with Gasteiger partial charge >= 0.3 is 6.09 Å². The first-order valence-electron chi connectivity index (χ1n) is 10.5. The zero-order valence-electron chi connectivity index (χ0n) is 18.5. The fraction of sp³-hybridized carbons (Fsp3) is 0.417. The highest BCUT2D eigenvalue weighted by molar-refractivity contribution is 5.95. The first kappa shape index (κ1) is 22.7. The SMILES string of the molecule is Cc1ccc(NC(=O)C(c2ccc(F)cc2)N2CCN(C(=O)OC(C)(C)C)CC2)cc1. The Morgan fingerprint density at radius 1 is 0.968 bits per heavy atom. The van der Waals surface area contributed by atoms with Crippen LogP contribution in [0, 0.1) is 12.7 Å². The summed E-state index contributed by atoms with van der Waals surface area (Å²) < 4.78 is 18.9. The van der Waals surface area contributed by atoms with Crippen LogP contribution < -0.4 is 5.32 Å². The number of hydrogen-bond donors (Lipinski definition) is 1. The Balaban J connectivity index is 1.74. The maximum absolute atomic E-state index is 13.5. The van der Waals surface area contributed by atoms with Crippen LogP contribution in [0.3, 0.4) is 0 Å². The van der Waals surface area contributed by atoms with E-state index in [1.165, 1.54) is 12.1 Å². The molecule has 0 radical (unpaired) electrons. The number of piperazine rings is 1. The van der Waals surface area contributed by atoms with Crippen LogP contribution in [0.2, 0.25) is 0 Å². The van der Waals surface area contributed by atoms with Crippen molar-refractivity contribution in [2.24, 2.45) is 0 Å². The third-order valence-corrected chi connectivity index (χ3v) is 5.08. The number of hydrogen-bond acceptors (Lipinski definition) is 4. The standard InChI is InChI=1S/C24H30FN3O3/c1-17-5-11-20(12-6-17)26-22(29)21(18-7-9-19(25)10-8-18)27-13-15-28(16-14-27)23(30)31-24(2,3)4/h5-12,21H,13-16H2,1-4H3,(H,26,29). The average molecular weight is 428 g/mol. The van der Waals surface area contributed by atoms with Crippen molar-refractivity contribution in [1.82, 2.24) is 9.80 Å². The van der Waals surface area contributed by atoms with Crippen LogP contribution in [0.1, 0.15) is 37.9 Å². The fourth-order valence-corrected chi connectivity index (χ4v) is 3.51. The molecule has 2 aromatic carbocycles. The molecule has 31 heavy (non-hydrogen) atoms. The molecule has 1 atom stereocenters. The maximum Gasteiger partial charge on any atom is 0.410 e. The van der Waals surface area contributed by atoms with E-state index in [0.29, 0.717) is 37.4 Å². The van der Waals surface area contributed by atoms with E-state index >= 15 is 0 Å². The molecule has 1 fully saturated rings. The van der Waals surface area contributed by atoms with Gasteiger partial charge in [-0.2, -0.15) is 0 Å². The number of anilines is 1. The first-order valence-corrected chi connectivity index (χ1v) is 10.5. The molecule has 7 heteroatoms. The van der Waals surface area contributed by atoms with E-state index in [0.717, 1.165) is 5.56 Å². The number of nitrogens with zero attached hydrogens (tertiary/aromatic N) is 2. The molecule has 2 amide bonds. The summed E-state index contributed by atoms with van der Waals surface area (Å²) in [5.74, 6) is -0.544. The van der Waals surface area contributed by atoms with Gasteiger partial charge < -0.3 is 15.0 Å². The molecule has 1 saturated heterocycles. The highest BCUT2D eigenvalue weighted by Crippen LogP contribution is 2.25. The predicted molar refractivity (Wildman–Crippen MR) is 118 cm³/mol. The van der Waals surface area contributed by atoms with Crippen LogP contribution in [0.5, 0.6) is 0 Å². The van der Waals surface area contributed by atoms with Crippen LogP contribution in [-0.2, 0) is 9.53 Å². The minimum atomic E-state index is -0.595. The van der Waals surface area contributed by atoms with E-state index in [9.17, 15) is 14.0 Å². The molecule has 0 aromatic heterocycles. The maximum atomic E-state index is 13.5. The Hall–Kier alpha value is -2.93. The highest BCUT2D eigenvalue weighted by atomic mass is 19.1. The van der Waals surface area contributed by atoms with Gasteiger partial charge in [0.05, 0.1) is 0 Å². The monoisotopic (exact) mass is 427 g/mol. The zero-order valence-corrected chi connectivity index (χ0v) is 18.5. The Bertz CT molecular complexity index is 899. The number of halogens is 1. The van der Waals surface area contributed by atoms with Gasteiger partial charge in [0.2, 0.25) is 5.91 Å². The molecule has 0 spiro atoms. The van der Waals surface area contributed by atoms with Crippen molar-refractivity contribution in [2.75, 3.05) is 31.5 Å². The summed E-state index contributed by atoms with van der Waals surface area (Å²) in [6, 6.07) is 13.0. The summed E-state index contributed by atoms with van der Waals surface area (Å²) >= 11 is 0. The van der Waals surface area contributed by atoms with E-state index in [2.05, 4.69) is 5.32 Å². The quantitative estimate of drug-likeness (QED) is 0.787. The van der Waals surface area contributed by atoms with Crippen LogP contribution in [-0.4, -0.2) is 53.6 Å². The largest absolute Gasteiger partial charge is 0.444 e. The summed E-state index contributed by atoms with van der Waals surface area (Å²) in [5, 5.41) is 2.97. The zero-order chi connectivity index (χ0) is 22.6. The van der Waals surface area contributed by atoms with Crippen molar-refractivity contribution < 1.29 is 18.7 Å². The van der Waals surface area contributed by atoms with Crippen molar-refractivity contribution in [3.8, 4) is 0 Å². The molecule has 1 aliphatic heterocycles. The summed E-state index contributed by atoms with van der Waals surface area (Å²) in [5.41, 5.74) is 1.96. The number of amides is 2. The fourth-order valence-electron chi connectivity index (χ4n) is 3.51. The first-order chi connectivity index (χ1) is 14.6. The van der Waals surface area contributed by atoms with E-state index in [4.69, 9.17) is 4.74 Å². The van der Waals surface area contributed by atoms with E-state index in [1.807, 2.05) is 56.9 Å². The normalized spacial score (nSPS) is 16.0. The number of carbonyl (C=O) groups excluding carboxylic acids is 2. The van der Waals surface area contributed by atoms with Gasteiger partial charge in [0.15, 0.2) is 0 Å². The third kappa shape index (κ3) is 6.28. The molecule has 1 heterocycles. The number of aryl methyl sites for hydroxylation is 1. The summed E-state index contributed by atoms with van der Waals surface area (Å²) in [7, 11) is 0. The predicted octanol–water partition coefficient (Wildman–Crippen LogP) is 4.37. The van der Waals surface area contributed by atoms with Crippen LogP contribution in [0.4, 0.5) is 14.9 Å². The summed E-state index contributed by atoms with van der Waals surface area (Å²) in [6.07, 6.45) is -0.352. The molecular weight excluding hydrogens is 397 g/mol. The minimum Gasteiger partial charge on any atom is -0.444 e. The lowest BCUT2D eigenvalue weighted by Crippen LogP contribution is -2.52. The third-order valence-electron chi connectivity index (χ3n) is 5.08. The van der Waals surface area contributed by atoms with Gasteiger partial charge in [-0.15, -0.1) is 0 Å². The molecule has 0 saturated carbocycles. The van der Waals surface area contributed by atoms with Gasteiger partial charge in [-0.1, -0.05) is 29.8 Å². The molecule has 2 aromatic rings. The molecule has 1 aliphatic rings. The molecule has 166 valence electrons. The van der Waals surface area contributed by atoms with Gasteiger partial charge in [0.1, 0.15) is 17.5 Å². The van der Waals surface area contributed by atoms with Crippen molar-refractivity contribution in [3.05, 3.63) is 65.5 Å². The number of ether oxygens (including phenoxy) is 1. The van der Waals surface area contributed by atoms with Gasteiger partial charge in [-0.25, -0.2) is 9.18 Å². The van der Waals surface area contributed by atoms with E-state index in [1.54, 1.807) is 17.0 Å². The Labute approximate surface area is 183 Å². The Morgan fingerprint density at radius 3 is 2.10 bits per heavy atom. The molecule has 6 nitrogen and oxygen atoms in total. The van der Waals surface area contributed by atoms with Crippen molar-refractivity contribution >= 4 is 17.7 Å². The second kappa shape index (κ2) is 9.47. The molecular formula is C24H30FN3O3. The van der Waals surface area contributed by atoms with Crippen LogP contribution in [0.25, 0.3) is 0 Å². The lowest BCUT2D eigenvalue weighted by atomic mass is 10.0. The van der Waals surface area contributed by atoms with Gasteiger partial charge in [0.25, 0.3) is 0 Å². The topological polar surface area (TPSA) is 61.9 Å². The second-order valence-corrected chi connectivity index (χ2v) is 8.81. The number of nitrogens with one attached hydrogen (secondary N) is 1. The lowest BCUT2D eigenvalue weighted by molar-refractivity contribution is -0.122. The van der Waals surface area contributed by atoms with Gasteiger partial charge in [-0.05, 0) is 57.5 Å². The molecule has 1 N–H and O–H groups in total. The van der Waals surface area contributed by atoms with E-state index < -0.39 is 11.6 Å². The van der Waals surface area contributed by atoms with Crippen LogP contribution in [0.15, 0.2) is 48.5 Å². The Morgan fingerprint density at radius 2 is 1.55 bits per heavy atom. The molecule has 0 bridgehead atoms. The van der Waals surface area contributed by atoms with Crippen LogP contribution >= 0.6 is 0 Å². The van der Waals surface area contributed by atoms with Gasteiger partial charge in [-0.3, -0.25) is 9.69 Å². The van der Waals surface area contributed by atoms with Gasteiger partial charge in [0, 0.05) is 31.9 Å². The second-order valence-electron chi connectivity index (χ2n) is 8.81. The van der Waals surface area contributed by atoms with E-state index in [-0.39, 0.29) is 17.8 Å². The molecule has 1 unspecified atom stereocenters.